The van der Waals surface area contributed by atoms with Crippen molar-refractivity contribution >= 4 is 11.6 Å². The summed E-state index contributed by atoms with van der Waals surface area (Å²) in [7, 11) is 1.96. The number of nitrogens with two attached hydrogens (primary N) is 1. The summed E-state index contributed by atoms with van der Waals surface area (Å²) in [6, 6.07) is 8.20. The zero-order valence-corrected chi connectivity index (χ0v) is 13.2. The molecule has 0 bridgehead atoms. The third-order valence-electron chi connectivity index (χ3n) is 4.55. The molecule has 0 aliphatic carbocycles. The second-order valence-corrected chi connectivity index (χ2v) is 5.91. The van der Waals surface area contributed by atoms with Crippen molar-refractivity contribution < 1.29 is 4.79 Å². The molecule has 4 heteroatoms. The lowest BCUT2D eigenvalue weighted by atomic mass is 10.0. The average molecular weight is 289 g/mol. The van der Waals surface area contributed by atoms with Crippen molar-refractivity contribution in [3.63, 3.8) is 0 Å². The number of hydrogen-bond acceptors (Lipinski definition) is 3. The molecule has 1 aromatic carbocycles. The standard InChI is InChI=1S/C17H27N3O/c1-3-20-12-10-16(11-13-20)19(2)17(21)9-6-14-4-7-15(18)8-5-14/h4-5,7-8,16H,3,6,9-13,18H2,1-2H3. The van der Waals surface area contributed by atoms with Crippen molar-refractivity contribution in [1.29, 1.82) is 0 Å². The number of benzene rings is 1. The van der Waals surface area contributed by atoms with Gasteiger partial charge >= 0.3 is 0 Å². The fraction of sp³-hybridized carbons (Fsp3) is 0.588. The van der Waals surface area contributed by atoms with Gasteiger partial charge in [-0.05, 0) is 43.5 Å². The van der Waals surface area contributed by atoms with Crippen LogP contribution < -0.4 is 5.73 Å². The lowest BCUT2D eigenvalue weighted by Crippen LogP contribution is -2.45. The van der Waals surface area contributed by atoms with Crippen molar-refractivity contribution in [2.45, 2.75) is 38.6 Å². The Morgan fingerprint density at radius 2 is 1.90 bits per heavy atom. The molecule has 4 nitrogen and oxygen atoms in total. The van der Waals surface area contributed by atoms with Gasteiger partial charge in [-0.25, -0.2) is 0 Å². The summed E-state index contributed by atoms with van der Waals surface area (Å²) >= 11 is 0. The monoisotopic (exact) mass is 289 g/mol. The number of nitrogens with zero attached hydrogens (tertiary/aromatic N) is 2. The number of aryl methyl sites for hydroxylation is 1. The average Bonchev–Trinajstić information content (AvgIpc) is 2.53. The first kappa shape index (κ1) is 15.8. The van der Waals surface area contributed by atoms with Crippen LogP contribution in [0.3, 0.4) is 0 Å². The number of nitrogen functional groups attached to an aromatic ring is 1. The Balaban J connectivity index is 1.78. The Morgan fingerprint density at radius 3 is 2.48 bits per heavy atom. The molecule has 1 amide bonds. The van der Waals surface area contributed by atoms with E-state index in [-0.39, 0.29) is 5.91 Å². The molecule has 0 saturated carbocycles. The molecule has 1 heterocycles. The molecule has 0 spiro atoms. The van der Waals surface area contributed by atoms with E-state index in [9.17, 15) is 4.79 Å². The molecule has 0 radical (unpaired) electrons. The van der Waals surface area contributed by atoms with E-state index in [0.29, 0.717) is 12.5 Å². The molecule has 1 aromatic rings. The van der Waals surface area contributed by atoms with Crippen LogP contribution in [0.4, 0.5) is 5.69 Å². The summed E-state index contributed by atoms with van der Waals surface area (Å²) in [5.74, 6) is 0.252. The second kappa shape index (κ2) is 7.46. The van der Waals surface area contributed by atoms with Crippen LogP contribution >= 0.6 is 0 Å². The summed E-state index contributed by atoms with van der Waals surface area (Å²) in [5.41, 5.74) is 7.61. The van der Waals surface area contributed by atoms with Gasteiger partial charge in [-0.3, -0.25) is 4.79 Å². The summed E-state index contributed by atoms with van der Waals surface area (Å²) in [4.78, 5) is 16.7. The van der Waals surface area contributed by atoms with Gasteiger partial charge in [0.25, 0.3) is 0 Å². The van der Waals surface area contributed by atoms with Crippen LogP contribution in [0.25, 0.3) is 0 Å². The van der Waals surface area contributed by atoms with E-state index in [4.69, 9.17) is 5.73 Å². The molecular formula is C17H27N3O. The van der Waals surface area contributed by atoms with Crippen LogP contribution in [0, 0.1) is 0 Å². The van der Waals surface area contributed by atoms with Crippen molar-refractivity contribution in [2.24, 2.45) is 0 Å². The molecule has 1 fully saturated rings. The number of amides is 1. The summed E-state index contributed by atoms with van der Waals surface area (Å²) in [6.45, 7) is 5.52. The molecule has 1 aliphatic rings. The van der Waals surface area contributed by atoms with E-state index in [0.717, 1.165) is 44.6 Å². The predicted octanol–water partition coefficient (Wildman–Crippen LogP) is 2.14. The molecule has 0 unspecified atom stereocenters. The number of piperidine rings is 1. The highest BCUT2D eigenvalue weighted by Gasteiger charge is 2.24. The van der Waals surface area contributed by atoms with Gasteiger partial charge in [0.15, 0.2) is 0 Å². The summed E-state index contributed by atoms with van der Waals surface area (Å²) in [6.07, 6.45) is 3.56. The Kier molecular flexibility index (Phi) is 5.62. The van der Waals surface area contributed by atoms with Gasteiger partial charge in [0.2, 0.25) is 5.91 Å². The summed E-state index contributed by atoms with van der Waals surface area (Å²) in [5, 5.41) is 0. The number of carbonyl (C=O) groups excluding carboxylic acids is 1. The van der Waals surface area contributed by atoms with Crippen molar-refractivity contribution in [2.75, 3.05) is 32.4 Å². The highest BCUT2D eigenvalue weighted by Crippen LogP contribution is 2.16. The van der Waals surface area contributed by atoms with E-state index in [1.165, 1.54) is 5.56 Å². The van der Waals surface area contributed by atoms with Gasteiger partial charge in [0, 0.05) is 38.3 Å². The Bertz CT molecular complexity index is 450. The Morgan fingerprint density at radius 1 is 1.29 bits per heavy atom. The first-order chi connectivity index (χ1) is 10.1. The highest BCUT2D eigenvalue weighted by atomic mass is 16.2. The zero-order chi connectivity index (χ0) is 15.2. The maximum absolute atomic E-state index is 12.3. The number of rotatable bonds is 5. The third kappa shape index (κ3) is 4.46. The quantitative estimate of drug-likeness (QED) is 0.845. The van der Waals surface area contributed by atoms with Crippen LogP contribution in [-0.4, -0.2) is 48.4 Å². The second-order valence-electron chi connectivity index (χ2n) is 5.91. The van der Waals surface area contributed by atoms with Crippen molar-refractivity contribution in [3.8, 4) is 0 Å². The minimum absolute atomic E-state index is 0.252. The zero-order valence-electron chi connectivity index (χ0n) is 13.2. The SMILES string of the molecule is CCN1CCC(N(C)C(=O)CCc2ccc(N)cc2)CC1. The maximum atomic E-state index is 12.3. The normalized spacial score (nSPS) is 16.9. The number of likely N-dealkylation sites (tertiary alicyclic amines) is 1. The molecule has 2 N–H and O–H groups in total. The molecule has 116 valence electrons. The lowest BCUT2D eigenvalue weighted by Gasteiger charge is -2.36. The van der Waals surface area contributed by atoms with Crippen LogP contribution in [-0.2, 0) is 11.2 Å². The van der Waals surface area contributed by atoms with Gasteiger partial charge in [0.1, 0.15) is 0 Å². The maximum Gasteiger partial charge on any atom is 0.222 e. The van der Waals surface area contributed by atoms with Gasteiger partial charge in [-0.15, -0.1) is 0 Å². The Labute approximate surface area is 127 Å². The molecule has 1 aliphatic heterocycles. The van der Waals surface area contributed by atoms with E-state index in [1.54, 1.807) is 0 Å². The predicted molar refractivity (Wildman–Crippen MR) is 87.1 cm³/mol. The van der Waals surface area contributed by atoms with E-state index in [2.05, 4.69) is 11.8 Å². The van der Waals surface area contributed by atoms with Crippen molar-refractivity contribution in [1.82, 2.24) is 9.80 Å². The third-order valence-corrected chi connectivity index (χ3v) is 4.55. The molecular weight excluding hydrogens is 262 g/mol. The fourth-order valence-corrected chi connectivity index (χ4v) is 2.94. The smallest absolute Gasteiger partial charge is 0.222 e. The largest absolute Gasteiger partial charge is 0.399 e. The van der Waals surface area contributed by atoms with Gasteiger partial charge in [-0.2, -0.15) is 0 Å². The molecule has 1 saturated heterocycles. The van der Waals surface area contributed by atoms with E-state index >= 15 is 0 Å². The van der Waals surface area contributed by atoms with Gasteiger partial charge in [-0.1, -0.05) is 19.1 Å². The summed E-state index contributed by atoms with van der Waals surface area (Å²) < 4.78 is 0. The van der Waals surface area contributed by atoms with Gasteiger partial charge in [0.05, 0.1) is 0 Å². The fourth-order valence-electron chi connectivity index (χ4n) is 2.94. The van der Waals surface area contributed by atoms with Crippen LogP contribution in [0.15, 0.2) is 24.3 Å². The Hall–Kier alpha value is -1.55. The highest BCUT2D eigenvalue weighted by molar-refractivity contribution is 5.76. The molecule has 0 atom stereocenters. The van der Waals surface area contributed by atoms with Crippen LogP contribution in [0.2, 0.25) is 0 Å². The molecule has 21 heavy (non-hydrogen) atoms. The lowest BCUT2D eigenvalue weighted by molar-refractivity contribution is -0.132. The van der Waals surface area contributed by atoms with Crippen molar-refractivity contribution in [3.05, 3.63) is 29.8 Å². The number of anilines is 1. The molecule has 0 aromatic heterocycles. The molecule has 2 rings (SSSR count). The number of carbonyl (C=O) groups is 1. The van der Waals surface area contributed by atoms with Gasteiger partial charge < -0.3 is 15.5 Å². The topological polar surface area (TPSA) is 49.6 Å². The van der Waals surface area contributed by atoms with Crippen LogP contribution in [0.5, 0.6) is 0 Å². The van der Waals surface area contributed by atoms with Crippen LogP contribution in [0.1, 0.15) is 31.7 Å². The minimum Gasteiger partial charge on any atom is -0.399 e. The van der Waals surface area contributed by atoms with E-state index < -0.39 is 0 Å². The first-order valence-corrected chi connectivity index (χ1v) is 7.92. The minimum atomic E-state index is 0.252. The van der Waals surface area contributed by atoms with E-state index in [1.807, 2.05) is 36.2 Å². The first-order valence-electron chi connectivity index (χ1n) is 7.92. The number of hydrogen-bond donors (Lipinski definition) is 1.